The second-order valence-electron chi connectivity index (χ2n) is 6.29. The van der Waals surface area contributed by atoms with E-state index in [4.69, 9.17) is 9.15 Å². The van der Waals surface area contributed by atoms with Gasteiger partial charge in [-0.3, -0.25) is 14.9 Å². The normalized spacial score (nSPS) is 11.2. The molecule has 0 spiro atoms. The van der Waals surface area contributed by atoms with Crippen molar-refractivity contribution in [2.24, 2.45) is 0 Å². The molecule has 0 fully saturated rings. The number of rotatable bonds is 9. The lowest BCUT2D eigenvalue weighted by Gasteiger charge is -2.05. The summed E-state index contributed by atoms with van der Waals surface area (Å²) in [4.78, 5) is 24.5. The summed E-state index contributed by atoms with van der Waals surface area (Å²) in [6, 6.07) is 8.07. The van der Waals surface area contributed by atoms with Crippen LogP contribution in [0.4, 0.5) is 10.1 Å². The molecule has 6 nitrogen and oxygen atoms in total. The standard InChI is InChI=1S/C21H17BrFNO5S/c1-2-3-20-16(22)11-21(30-20)18(25)9-7-14-5-6-15(29-14)12-28-19-10-13(23)4-8-17(19)24(26)27/h4-11H,2-3,12H2,1H3/b9-7+. The van der Waals surface area contributed by atoms with Gasteiger partial charge in [0.25, 0.3) is 0 Å². The molecule has 2 aromatic heterocycles. The molecule has 1 aromatic carbocycles. The van der Waals surface area contributed by atoms with E-state index in [0.717, 1.165) is 40.4 Å². The highest BCUT2D eigenvalue weighted by atomic mass is 79.9. The molecular formula is C21H17BrFNO5S. The third-order valence-corrected chi connectivity index (χ3v) is 6.23. The molecule has 0 aliphatic rings. The van der Waals surface area contributed by atoms with Crippen LogP contribution in [0.5, 0.6) is 5.75 Å². The number of allylic oxidation sites excluding steroid dienone is 1. The third-order valence-electron chi connectivity index (χ3n) is 4.05. The minimum Gasteiger partial charge on any atom is -0.479 e. The fourth-order valence-corrected chi connectivity index (χ4v) is 4.53. The summed E-state index contributed by atoms with van der Waals surface area (Å²) in [7, 11) is 0. The predicted molar refractivity (Wildman–Crippen MR) is 115 cm³/mol. The Kier molecular flexibility index (Phi) is 7.17. The first-order valence-electron chi connectivity index (χ1n) is 9.03. The number of carbonyl (C=O) groups is 1. The molecule has 0 N–H and O–H groups in total. The molecule has 156 valence electrons. The molecule has 3 aromatic rings. The first-order chi connectivity index (χ1) is 14.4. The molecule has 0 unspecified atom stereocenters. The van der Waals surface area contributed by atoms with Gasteiger partial charge in [0.05, 0.1) is 9.80 Å². The van der Waals surface area contributed by atoms with Gasteiger partial charge in [0.1, 0.15) is 23.9 Å². The number of nitrogens with zero attached hydrogens (tertiary/aromatic N) is 1. The maximum atomic E-state index is 13.4. The van der Waals surface area contributed by atoms with Gasteiger partial charge in [-0.25, -0.2) is 4.39 Å². The minimum absolute atomic E-state index is 0.121. The van der Waals surface area contributed by atoms with E-state index in [9.17, 15) is 19.3 Å². The lowest BCUT2D eigenvalue weighted by Crippen LogP contribution is -1.99. The molecule has 30 heavy (non-hydrogen) atoms. The Hall–Kier alpha value is -2.78. The molecule has 3 rings (SSSR count). The van der Waals surface area contributed by atoms with Gasteiger partial charge < -0.3 is 9.15 Å². The van der Waals surface area contributed by atoms with Crippen LogP contribution < -0.4 is 4.74 Å². The Morgan fingerprint density at radius 3 is 2.87 bits per heavy atom. The smallest absolute Gasteiger partial charge is 0.311 e. The second kappa shape index (κ2) is 9.82. The van der Waals surface area contributed by atoms with Crippen LogP contribution in [0.15, 0.2) is 51.4 Å². The number of furan rings is 1. The van der Waals surface area contributed by atoms with Crippen molar-refractivity contribution in [3.05, 3.63) is 84.2 Å². The minimum atomic E-state index is -0.647. The van der Waals surface area contributed by atoms with Crippen molar-refractivity contribution in [3.63, 3.8) is 0 Å². The lowest BCUT2D eigenvalue weighted by atomic mass is 10.2. The van der Waals surface area contributed by atoms with Gasteiger partial charge in [-0.15, -0.1) is 11.3 Å². The van der Waals surface area contributed by atoms with E-state index in [-0.39, 0.29) is 23.8 Å². The van der Waals surface area contributed by atoms with E-state index in [1.54, 1.807) is 18.2 Å². The first kappa shape index (κ1) is 21.9. The number of nitro groups is 1. The van der Waals surface area contributed by atoms with Crippen molar-refractivity contribution in [2.45, 2.75) is 26.4 Å². The number of halogens is 2. The number of aryl methyl sites for hydroxylation is 1. The molecular weight excluding hydrogens is 477 g/mol. The highest BCUT2D eigenvalue weighted by molar-refractivity contribution is 9.10. The largest absolute Gasteiger partial charge is 0.479 e. The highest BCUT2D eigenvalue weighted by Crippen LogP contribution is 2.30. The summed E-state index contributed by atoms with van der Waals surface area (Å²) in [5, 5.41) is 11.0. The molecule has 0 bridgehead atoms. The Morgan fingerprint density at radius 1 is 1.33 bits per heavy atom. The van der Waals surface area contributed by atoms with Crippen LogP contribution in [0, 0.1) is 15.9 Å². The topological polar surface area (TPSA) is 82.6 Å². The van der Waals surface area contributed by atoms with Crippen molar-refractivity contribution in [1.29, 1.82) is 0 Å². The number of benzene rings is 1. The lowest BCUT2D eigenvalue weighted by molar-refractivity contribution is -0.386. The van der Waals surface area contributed by atoms with Crippen LogP contribution in [0.2, 0.25) is 0 Å². The third kappa shape index (κ3) is 5.43. The summed E-state index contributed by atoms with van der Waals surface area (Å²) < 4.78 is 25.2. The average molecular weight is 494 g/mol. The number of hydrogen-bond donors (Lipinski definition) is 0. The quantitative estimate of drug-likeness (QED) is 0.145. The van der Waals surface area contributed by atoms with Gasteiger partial charge in [-0.1, -0.05) is 13.3 Å². The number of hydrogen-bond acceptors (Lipinski definition) is 6. The molecule has 0 saturated carbocycles. The zero-order valence-electron chi connectivity index (χ0n) is 15.9. The Morgan fingerprint density at radius 2 is 2.13 bits per heavy atom. The molecule has 0 atom stereocenters. The maximum absolute atomic E-state index is 13.4. The Balaban J connectivity index is 1.64. The van der Waals surface area contributed by atoms with E-state index in [0.29, 0.717) is 16.4 Å². The number of ether oxygens (including phenoxy) is 1. The fraction of sp³-hybridized carbons (Fsp3) is 0.190. The van der Waals surface area contributed by atoms with Crippen molar-refractivity contribution in [3.8, 4) is 5.75 Å². The zero-order valence-corrected chi connectivity index (χ0v) is 18.3. The first-order valence-corrected chi connectivity index (χ1v) is 10.6. The van der Waals surface area contributed by atoms with Crippen LogP contribution >= 0.6 is 27.3 Å². The number of nitro benzene ring substituents is 1. The van der Waals surface area contributed by atoms with Crippen LogP contribution in [-0.2, 0) is 13.0 Å². The molecule has 0 saturated heterocycles. The van der Waals surface area contributed by atoms with Gasteiger partial charge in [0.15, 0.2) is 11.5 Å². The van der Waals surface area contributed by atoms with Crippen molar-refractivity contribution in [2.75, 3.05) is 0 Å². The van der Waals surface area contributed by atoms with Crippen LogP contribution in [0.1, 0.15) is 39.4 Å². The SMILES string of the molecule is CCCc1sc(C(=O)/C=C/c2ccc(COc3cc(F)ccc3[N+](=O)[O-])o2)cc1Br. The van der Waals surface area contributed by atoms with E-state index in [1.165, 1.54) is 17.4 Å². The van der Waals surface area contributed by atoms with Crippen molar-refractivity contribution >= 4 is 44.8 Å². The van der Waals surface area contributed by atoms with Crippen LogP contribution in [0.25, 0.3) is 6.08 Å². The Labute approximate surface area is 184 Å². The van der Waals surface area contributed by atoms with Crippen molar-refractivity contribution < 1.29 is 23.3 Å². The summed E-state index contributed by atoms with van der Waals surface area (Å²) in [6.45, 7) is 1.96. The fourth-order valence-electron chi connectivity index (χ4n) is 2.63. The molecule has 0 aliphatic heterocycles. The number of thiophene rings is 1. The van der Waals surface area contributed by atoms with E-state index < -0.39 is 10.7 Å². The van der Waals surface area contributed by atoms with Gasteiger partial charge in [0.2, 0.25) is 0 Å². The molecule has 9 heteroatoms. The summed E-state index contributed by atoms with van der Waals surface area (Å²) in [6.07, 6.45) is 4.88. The summed E-state index contributed by atoms with van der Waals surface area (Å²) in [5.41, 5.74) is -0.335. The number of ketones is 1. The average Bonchev–Trinajstić information content (AvgIpc) is 3.31. The molecule has 2 heterocycles. The monoisotopic (exact) mass is 493 g/mol. The van der Waals surface area contributed by atoms with Crippen LogP contribution in [0.3, 0.4) is 0 Å². The van der Waals surface area contributed by atoms with Crippen molar-refractivity contribution in [1.82, 2.24) is 0 Å². The summed E-state index contributed by atoms with van der Waals surface area (Å²) in [5.74, 6) is -0.146. The van der Waals surface area contributed by atoms with Gasteiger partial charge in [0, 0.05) is 21.5 Å². The second-order valence-corrected chi connectivity index (χ2v) is 8.28. The number of carbonyl (C=O) groups excluding carboxylic acids is 1. The predicted octanol–water partition coefficient (Wildman–Crippen LogP) is 6.58. The molecule has 0 amide bonds. The van der Waals surface area contributed by atoms with Gasteiger partial charge in [-0.2, -0.15) is 0 Å². The maximum Gasteiger partial charge on any atom is 0.311 e. The van der Waals surface area contributed by atoms with E-state index in [2.05, 4.69) is 22.9 Å². The van der Waals surface area contributed by atoms with E-state index in [1.807, 2.05) is 6.07 Å². The Bertz CT molecular complexity index is 1100. The molecule has 0 aliphatic carbocycles. The zero-order chi connectivity index (χ0) is 21.7. The van der Waals surface area contributed by atoms with Crippen LogP contribution in [-0.4, -0.2) is 10.7 Å². The van der Waals surface area contributed by atoms with Gasteiger partial charge >= 0.3 is 5.69 Å². The van der Waals surface area contributed by atoms with E-state index >= 15 is 0 Å². The molecule has 0 radical (unpaired) electrons. The van der Waals surface area contributed by atoms with Gasteiger partial charge in [-0.05, 0) is 58.8 Å². The summed E-state index contributed by atoms with van der Waals surface area (Å²) >= 11 is 4.94. The highest BCUT2D eigenvalue weighted by Gasteiger charge is 2.16.